The molecule has 0 bridgehead atoms. The predicted molar refractivity (Wildman–Crippen MR) is 111 cm³/mol. The SMILES string of the molecule is COCCCN1C(=O)C(Nc2cccc(C)c2)=C(c2ccc(C)cc2C)C1=O. The number of benzene rings is 2. The Morgan fingerprint density at radius 2 is 1.71 bits per heavy atom. The van der Waals surface area contributed by atoms with E-state index in [1.807, 2.05) is 63.2 Å². The zero-order valence-electron chi connectivity index (χ0n) is 16.8. The van der Waals surface area contributed by atoms with E-state index in [0.717, 1.165) is 27.9 Å². The highest BCUT2D eigenvalue weighted by Gasteiger charge is 2.39. The Balaban J connectivity index is 2.04. The molecule has 0 aromatic heterocycles. The molecule has 0 spiro atoms. The second-order valence-electron chi connectivity index (χ2n) is 7.17. The van der Waals surface area contributed by atoms with Crippen molar-refractivity contribution in [3.63, 3.8) is 0 Å². The van der Waals surface area contributed by atoms with Crippen LogP contribution in [0.4, 0.5) is 5.69 Å². The van der Waals surface area contributed by atoms with Gasteiger partial charge >= 0.3 is 0 Å². The maximum absolute atomic E-state index is 13.2. The second kappa shape index (κ2) is 8.40. The van der Waals surface area contributed by atoms with Gasteiger partial charge in [0.1, 0.15) is 5.70 Å². The van der Waals surface area contributed by atoms with Crippen molar-refractivity contribution in [2.45, 2.75) is 27.2 Å². The van der Waals surface area contributed by atoms with Gasteiger partial charge < -0.3 is 10.1 Å². The number of methoxy groups -OCH3 is 1. The van der Waals surface area contributed by atoms with Crippen LogP contribution in [-0.2, 0) is 14.3 Å². The molecule has 2 amide bonds. The Morgan fingerprint density at radius 1 is 0.964 bits per heavy atom. The number of hydrogen-bond donors (Lipinski definition) is 1. The minimum atomic E-state index is -0.294. The van der Waals surface area contributed by atoms with Crippen molar-refractivity contribution in [3.8, 4) is 0 Å². The highest BCUT2D eigenvalue weighted by molar-refractivity contribution is 6.36. The van der Waals surface area contributed by atoms with Crippen molar-refractivity contribution in [2.24, 2.45) is 0 Å². The fraction of sp³-hybridized carbons (Fsp3) is 0.304. The summed E-state index contributed by atoms with van der Waals surface area (Å²) in [5.41, 5.74) is 5.50. The number of anilines is 1. The van der Waals surface area contributed by atoms with Crippen molar-refractivity contribution in [1.29, 1.82) is 0 Å². The lowest BCUT2D eigenvalue weighted by Gasteiger charge is -2.15. The molecule has 0 radical (unpaired) electrons. The van der Waals surface area contributed by atoms with E-state index in [1.165, 1.54) is 4.90 Å². The molecule has 0 unspecified atom stereocenters. The minimum Gasteiger partial charge on any atom is -0.385 e. The van der Waals surface area contributed by atoms with Gasteiger partial charge in [-0.3, -0.25) is 14.5 Å². The summed E-state index contributed by atoms with van der Waals surface area (Å²) in [4.78, 5) is 27.6. The van der Waals surface area contributed by atoms with Gasteiger partial charge in [0.2, 0.25) is 0 Å². The summed E-state index contributed by atoms with van der Waals surface area (Å²) in [6.45, 7) is 6.79. The number of nitrogens with one attached hydrogen (secondary N) is 1. The number of rotatable bonds is 7. The van der Waals surface area contributed by atoms with Crippen LogP contribution >= 0.6 is 0 Å². The first-order chi connectivity index (χ1) is 13.4. The molecule has 0 saturated heterocycles. The summed E-state index contributed by atoms with van der Waals surface area (Å²) in [6, 6.07) is 13.7. The molecule has 28 heavy (non-hydrogen) atoms. The predicted octanol–water partition coefficient (Wildman–Crippen LogP) is 3.84. The van der Waals surface area contributed by atoms with E-state index < -0.39 is 0 Å². The molecule has 5 heteroatoms. The third kappa shape index (κ3) is 3.99. The molecule has 2 aromatic carbocycles. The van der Waals surface area contributed by atoms with E-state index in [-0.39, 0.29) is 11.8 Å². The van der Waals surface area contributed by atoms with Crippen LogP contribution in [0, 0.1) is 20.8 Å². The van der Waals surface area contributed by atoms with E-state index in [1.54, 1.807) is 7.11 Å². The molecule has 5 nitrogen and oxygen atoms in total. The molecule has 1 aliphatic rings. The van der Waals surface area contributed by atoms with E-state index in [2.05, 4.69) is 5.32 Å². The first-order valence-corrected chi connectivity index (χ1v) is 9.43. The van der Waals surface area contributed by atoms with E-state index in [0.29, 0.717) is 30.8 Å². The van der Waals surface area contributed by atoms with Crippen molar-refractivity contribution in [2.75, 3.05) is 25.6 Å². The quantitative estimate of drug-likeness (QED) is 0.587. The standard InChI is InChI=1S/C23H26N2O3/c1-15-7-5-8-18(14-15)24-21-20(19-10-9-16(2)13-17(19)3)22(26)25(23(21)27)11-6-12-28-4/h5,7-10,13-14,24H,6,11-12H2,1-4H3. The van der Waals surface area contributed by atoms with Crippen LogP contribution in [-0.4, -0.2) is 37.0 Å². The number of amides is 2. The lowest BCUT2D eigenvalue weighted by Crippen LogP contribution is -2.34. The molecule has 2 aromatic rings. The molecular weight excluding hydrogens is 352 g/mol. The first-order valence-electron chi connectivity index (χ1n) is 9.43. The number of hydrogen-bond acceptors (Lipinski definition) is 4. The van der Waals surface area contributed by atoms with Gasteiger partial charge in [-0.1, -0.05) is 35.9 Å². The molecule has 0 atom stereocenters. The van der Waals surface area contributed by atoms with Crippen LogP contribution in [0.5, 0.6) is 0 Å². The average molecular weight is 378 g/mol. The van der Waals surface area contributed by atoms with Gasteiger partial charge in [0.25, 0.3) is 11.8 Å². The lowest BCUT2D eigenvalue weighted by molar-refractivity contribution is -0.136. The zero-order valence-corrected chi connectivity index (χ0v) is 16.8. The van der Waals surface area contributed by atoms with Crippen LogP contribution in [0.2, 0.25) is 0 Å². The van der Waals surface area contributed by atoms with Gasteiger partial charge in [-0.25, -0.2) is 0 Å². The molecule has 0 fully saturated rings. The van der Waals surface area contributed by atoms with Crippen molar-refractivity contribution < 1.29 is 14.3 Å². The highest BCUT2D eigenvalue weighted by Crippen LogP contribution is 2.32. The van der Waals surface area contributed by atoms with Crippen LogP contribution in [0.25, 0.3) is 5.57 Å². The van der Waals surface area contributed by atoms with Crippen molar-refractivity contribution in [3.05, 3.63) is 70.4 Å². The van der Waals surface area contributed by atoms with Gasteiger partial charge in [0.15, 0.2) is 0 Å². The number of aryl methyl sites for hydroxylation is 3. The van der Waals surface area contributed by atoms with Gasteiger partial charge in [-0.2, -0.15) is 0 Å². The maximum atomic E-state index is 13.2. The number of imide groups is 1. The van der Waals surface area contributed by atoms with E-state index in [4.69, 9.17) is 4.74 Å². The number of ether oxygens (including phenoxy) is 1. The number of carbonyl (C=O) groups is 2. The van der Waals surface area contributed by atoms with Crippen LogP contribution in [0.1, 0.15) is 28.7 Å². The molecule has 1 aliphatic heterocycles. The molecule has 0 saturated carbocycles. The van der Waals surface area contributed by atoms with Crippen molar-refractivity contribution >= 4 is 23.1 Å². The first kappa shape index (κ1) is 19.8. The number of nitrogens with zero attached hydrogens (tertiary/aromatic N) is 1. The van der Waals surface area contributed by atoms with E-state index >= 15 is 0 Å². The molecule has 3 rings (SSSR count). The summed E-state index contributed by atoms with van der Waals surface area (Å²) in [5, 5.41) is 3.21. The Labute approximate surface area is 166 Å². The fourth-order valence-corrected chi connectivity index (χ4v) is 3.47. The monoisotopic (exact) mass is 378 g/mol. The lowest BCUT2D eigenvalue weighted by atomic mass is 9.97. The Kier molecular flexibility index (Phi) is 5.95. The largest absolute Gasteiger partial charge is 0.385 e. The van der Waals surface area contributed by atoms with E-state index in [9.17, 15) is 9.59 Å². The summed E-state index contributed by atoms with van der Waals surface area (Å²) in [6.07, 6.45) is 0.603. The van der Waals surface area contributed by atoms with Gasteiger partial charge in [-0.15, -0.1) is 0 Å². The van der Waals surface area contributed by atoms with Crippen LogP contribution < -0.4 is 5.32 Å². The molecule has 0 aliphatic carbocycles. The minimum absolute atomic E-state index is 0.261. The summed E-state index contributed by atoms with van der Waals surface area (Å²) < 4.78 is 5.07. The van der Waals surface area contributed by atoms with Gasteiger partial charge in [-0.05, 0) is 56.0 Å². The topological polar surface area (TPSA) is 58.6 Å². The second-order valence-corrected chi connectivity index (χ2v) is 7.17. The maximum Gasteiger partial charge on any atom is 0.278 e. The molecule has 146 valence electrons. The van der Waals surface area contributed by atoms with Crippen LogP contribution in [0.15, 0.2) is 48.2 Å². The Morgan fingerprint density at radius 3 is 2.39 bits per heavy atom. The van der Waals surface area contributed by atoms with Crippen molar-refractivity contribution in [1.82, 2.24) is 4.90 Å². The third-order valence-corrected chi connectivity index (χ3v) is 4.84. The average Bonchev–Trinajstić information content (AvgIpc) is 2.87. The smallest absolute Gasteiger partial charge is 0.278 e. The van der Waals surface area contributed by atoms with Crippen LogP contribution in [0.3, 0.4) is 0 Å². The molecular formula is C23H26N2O3. The van der Waals surface area contributed by atoms with Gasteiger partial charge in [0.05, 0.1) is 5.57 Å². The summed E-state index contributed by atoms with van der Waals surface area (Å²) in [5.74, 6) is -0.555. The fourth-order valence-electron chi connectivity index (χ4n) is 3.47. The Bertz CT molecular complexity index is 947. The Hall–Kier alpha value is -2.92. The summed E-state index contributed by atoms with van der Waals surface area (Å²) >= 11 is 0. The molecule has 1 heterocycles. The zero-order chi connectivity index (χ0) is 20.3. The summed E-state index contributed by atoms with van der Waals surface area (Å²) in [7, 11) is 1.61. The number of carbonyl (C=O) groups excluding carboxylic acids is 2. The normalized spacial score (nSPS) is 14.2. The molecule has 1 N–H and O–H groups in total. The highest BCUT2D eigenvalue weighted by atomic mass is 16.5. The third-order valence-electron chi connectivity index (χ3n) is 4.84. The van der Waals surface area contributed by atoms with Gasteiger partial charge in [0, 0.05) is 25.9 Å².